The highest BCUT2D eigenvalue weighted by atomic mass is 16.8. The van der Waals surface area contributed by atoms with Crippen LogP contribution < -0.4 is 5.32 Å². The summed E-state index contributed by atoms with van der Waals surface area (Å²) in [5.74, 6) is -1.04. The van der Waals surface area contributed by atoms with Crippen molar-refractivity contribution in [1.29, 1.82) is 0 Å². The van der Waals surface area contributed by atoms with Crippen LogP contribution in [0, 0.1) is 25.1 Å². The lowest BCUT2D eigenvalue weighted by Gasteiger charge is -2.02. The van der Waals surface area contributed by atoms with Crippen molar-refractivity contribution in [1.82, 2.24) is 0 Å². The zero-order valence-corrected chi connectivity index (χ0v) is 13.4. The lowest BCUT2D eigenvalue weighted by molar-refractivity contribution is -0.729. The van der Waals surface area contributed by atoms with Crippen LogP contribution in [0.5, 0.6) is 5.75 Å². The van der Waals surface area contributed by atoms with Gasteiger partial charge in [-0.3, -0.25) is 20.2 Å². The van der Waals surface area contributed by atoms with E-state index in [4.69, 9.17) is 4.84 Å². The molecule has 0 saturated heterocycles. The summed E-state index contributed by atoms with van der Waals surface area (Å²) in [6, 6.07) is 8.47. The molecule has 0 bridgehead atoms. The van der Waals surface area contributed by atoms with E-state index in [1.807, 2.05) is 12.1 Å². The van der Waals surface area contributed by atoms with Gasteiger partial charge < -0.3 is 10.4 Å². The minimum Gasteiger partial charge on any atom is -0.497 e. The van der Waals surface area contributed by atoms with E-state index >= 15 is 0 Å². The number of nitrogens with one attached hydrogen (secondary N) is 1. The Morgan fingerprint density at radius 3 is 2.37 bits per heavy atom. The number of nitrogens with zero attached hydrogens (tertiary/aromatic N) is 3. The van der Waals surface area contributed by atoms with Crippen molar-refractivity contribution in [3.8, 4) is 5.75 Å². The molecule has 1 heterocycles. The van der Waals surface area contributed by atoms with Crippen LogP contribution in [0.4, 0.5) is 22.7 Å². The summed E-state index contributed by atoms with van der Waals surface area (Å²) in [6.07, 6.45) is 4.47. The van der Waals surface area contributed by atoms with Crippen molar-refractivity contribution in [3.05, 3.63) is 85.1 Å². The first-order valence-corrected chi connectivity index (χ1v) is 7.41. The standard InChI is InChI=1S/C16H10N4O7/c21-16-14(19(24)25)7-11(18(22)23)8-15(16)20(26)27-12-6-5-10-3-1-2-4-13(10)17-9-12/h1-9,17H/p+1. The summed E-state index contributed by atoms with van der Waals surface area (Å²) in [5.41, 5.74) is -0.932. The Bertz CT molecular complexity index is 1030. The van der Waals surface area contributed by atoms with Crippen LogP contribution in [0.3, 0.4) is 0 Å². The Kier molecular flexibility index (Phi) is 4.49. The number of hydrogen-bond donors (Lipinski definition) is 2. The normalized spacial score (nSPS) is 12.2. The van der Waals surface area contributed by atoms with Gasteiger partial charge in [-0.15, -0.1) is 0 Å². The maximum atomic E-state index is 12.3. The predicted molar refractivity (Wildman–Crippen MR) is 93.0 cm³/mol. The minimum absolute atomic E-state index is 0.00904. The molecule has 3 rings (SSSR count). The molecule has 136 valence electrons. The largest absolute Gasteiger partial charge is 0.497 e. The molecule has 0 unspecified atom stereocenters. The van der Waals surface area contributed by atoms with E-state index in [2.05, 4.69) is 5.32 Å². The Labute approximate surface area is 150 Å². The molecule has 27 heavy (non-hydrogen) atoms. The van der Waals surface area contributed by atoms with Crippen LogP contribution in [0.15, 0.2) is 54.4 Å². The van der Waals surface area contributed by atoms with Gasteiger partial charge in [-0.1, -0.05) is 18.2 Å². The highest BCUT2D eigenvalue weighted by Gasteiger charge is 2.35. The quantitative estimate of drug-likeness (QED) is 0.599. The lowest BCUT2D eigenvalue weighted by Crippen LogP contribution is -2.05. The molecule has 0 aliphatic carbocycles. The summed E-state index contributed by atoms with van der Waals surface area (Å²) < 4.78 is 0. The summed E-state index contributed by atoms with van der Waals surface area (Å²) >= 11 is 0. The maximum absolute atomic E-state index is 12.3. The van der Waals surface area contributed by atoms with Crippen molar-refractivity contribution in [2.45, 2.75) is 0 Å². The zero-order chi connectivity index (χ0) is 19.6. The van der Waals surface area contributed by atoms with E-state index in [0.29, 0.717) is 12.1 Å². The molecule has 0 fully saturated rings. The third kappa shape index (κ3) is 3.56. The molecule has 0 saturated carbocycles. The number of aromatic hydroxyl groups is 1. The number of benzene rings is 2. The number of allylic oxidation sites excluding steroid dienone is 1. The number of nitro benzene ring substituents is 2. The van der Waals surface area contributed by atoms with Gasteiger partial charge in [0.15, 0.2) is 0 Å². The van der Waals surface area contributed by atoms with E-state index in [1.165, 1.54) is 12.3 Å². The highest BCUT2D eigenvalue weighted by Crippen LogP contribution is 2.39. The molecule has 2 aromatic rings. The molecule has 11 heteroatoms. The number of anilines is 1. The molecule has 11 nitrogen and oxygen atoms in total. The first kappa shape index (κ1) is 17.5. The number of non-ortho nitro benzene ring substituents is 1. The first-order valence-electron chi connectivity index (χ1n) is 7.41. The summed E-state index contributed by atoms with van der Waals surface area (Å²) in [7, 11) is 0. The fourth-order valence-electron chi connectivity index (χ4n) is 2.32. The molecule has 1 aliphatic rings. The molecule has 0 amide bonds. The van der Waals surface area contributed by atoms with Crippen LogP contribution in [0.25, 0.3) is 6.08 Å². The van der Waals surface area contributed by atoms with E-state index in [-0.39, 0.29) is 10.7 Å². The lowest BCUT2D eigenvalue weighted by atomic mass is 10.2. The van der Waals surface area contributed by atoms with Gasteiger partial charge in [-0.2, -0.15) is 4.84 Å². The Morgan fingerprint density at radius 2 is 1.67 bits per heavy atom. The first-order chi connectivity index (χ1) is 12.9. The Balaban J connectivity index is 1.92. The Morgan fingerprint density at radius 1 is 0.963 bits per heavy atom. The molecule has 1 aliphatic heterocycles. The highest BCUT2D eigenvalue weighted by molar-refractivity contribution is 5.70. The van der Waals surface area contributed by atoms with Crippen LogP contribution in [0.1, 0.15) is 5.56 Å². The molecular weight excluding hydrogens is 360 g/mol. The summed E-state index contributed by atoms with van der Waals surface area (Å²) in [4.78, 5) is 37.0. The third-order valence-corrected chi connectivity index (χ3v) is 3.60. The second-order valence-corrected chi connectivity index (χ2v) is 5.31. The van der Waals surface area contributed by atoms with Crippen molar-refractivity contribution in [2.24, 2.45) is 0 Å². The van der Waals surface area contributed by atoms with E-state index in [9.17, 15) is 30.2 Å². The van der Waals surface area contributed by atoms with Gasteiger partial charge in [0.2, 0.25) is 5.76 Å². The molecule has 0 aromatic heterocycles. The fourth-order valence-corrected chi connectivity index (χ4v) is 2.32. The molecule has 0 spiro atoms. The molecule has 2 aromatic carbocycles. The predicted octanol–water partition coefficient (Wildman–Crippen LogP) is 3.53. The van der Waals surface area contributed by atoms with Crippen LogP contribution in [-0.4, -0.2) is 19.9 Å². The third-order valence-electron chi connectivity index (χ3n) is 3.60. The molecule has 0 atom stereocenters. The van der Waals surface area contributed by atoms with E-state index in [0.717, 1.165) is 11.3 Å². The van der Waals surface area contributed by atoms with E-state index < -0.39 is 32.7 Å². The van der Waals surface area contributed by atoms with Gasteiger partial charge in [0, 0.05) is 5.69 Å². The Hall–Kier alpha value is -4.28. The van der Waals surface area contributed by atoms with Crippen molar-refractivity contribution >= 4 is 28.8 Å². The molecular formula is C16H11N4O7+. The van der Waals surface area contributed by atoms with Crippen molar-refractivity contribution in [3.63, 3.8) is 0 Å². The fraction of sp³-hybridized carbons (Fsp3) is 0. The van der Waals surface area contributed by atoms with Gasteiger partial charge in [0.25, 0.3) is 16.4 Å². The number of fused-ring (bicyclic) bond motifs is 1. The van der Waals surface area contributed by atoms with Crippen LogP contribution in [-0.2, 0) is 4.84 Å². The average Bonchev–Trinajstić information content (AvgIpc) is 2.84. The van der Waals surface area contributed by atoms with E-state index in [1.54, 1.807) is 18.2 Å². The van der Waals surface area contributed by atoms with Gasteiger partial charge in [0.05, 0.1) is 27.0 Å². The number of rotatable bonds is 5. The monoisotopic (exact) mass is 371 g/mol. The van der Waals surface area contributed by atoms with Gasteiger partial charge in [0.1, 0.15) is 6.07 Å². The summed E-state index contributed by atoms with van der Waals surface area (Å²) in [5, 5.41) is 34.7. The van der Waals surface area contributed by atoms with Crippen LogP contribution in [0.2, 0.25) is 0 Å². The minimum atomic E-state index is -1.05. The van der Waals surface area contributed by atoms with Crippen molar-refractivity contribution in [2.75, 3.05) is 5.32 Å². The average molecular weight is 371 g/mol. The molecule has 2 N–H and O–H groups in total. The summed E-state index contributed by atoms with van der Waals surface area (Å²) in [6.45, 7) is 0. The van der Waals surface area contributed by atoms with Gasteiger partial charge in [-0.05, 0) is 23.8 Å². The van der Waals surface area contributed by atoms with Gasteiger partial charge >= 0.3 is 11.4 Å². The number of phenols is 1. The number of hydrogen-bond acceptors (Lipinski definition) is 8. The topological polar surface area (TPSA) is 148 Å². The smallest absolute Gasteiger partial charge is 0.372 e. The number of phenolic OH excluding ortho intramolecular Hbond substituents is 1. The SMILES string of the molecule is O=[N+]([O-])c1cc([N+](=O)[O-])c(O)c([N+](=O)OC2=CNc3ccccc3C=C2)c1. The van der Waals surface area contributed by atoms with Gasteiger partial charge in [-0.25, -0.2) is 0 Å². The number of para-hydroxylation sites is 1. The molecule has 0 radical (unpaired) electrons. The second-order valence-electron chi connectivity index (χ2n) is 5.31. The maximum Gasteiger partial charge on any atom is 0.372 e. The van der Waals surface area contributed by atoms with Crippen molar-refractivity contribution < 1.29 is 24.7 Å². The number of nitro groups is 2. The zero-order valence-electron chi connectivity index (χ0n) is 13.4. The van der Waals surface area contributed by atoms with Crippen LogP contribution >= 0.6 is 0 Å². The second kappa shape index (κ2) is 6.92.